The molecule has 27 heavy (non-hydrogen) atoms. The lowest BCUT2D eigenvalue weighted by Crippen LogP contribution is -2.26. The van der Waals surface area contributed by atoms with Crippen molar-refractivity contribution in [1.82, 2.24) is 15.3 Å². The Balaban J connectivity index is 1.66. The summed E-state index contributed by atoms with van der Waals surface area (Å²) in [5, 5.41) is 6.23. The third kappa shape index (κ3) is 5.16. The molecule has 1 aliphatic carbocycles. The van der Waals surface area contributed by atoms with Gasteiger partial charge in [0.15, 0.2) is 0 Å². The van der Waals surface area contributed by atoms with Gasteiger partial charge in [0.25, 0.3) is 5.91 Å². The third-order valence-electron chi connectivity index (χ3n) is 5.05. The molecule has 0 atom stereocenters. The van der Waals surface area contributed by atoms with E-state index in [1.165, 1.54) is 30.4 Å². The molecule has 5 heteroatoms. The van der Waals surface area contributed by atoms with Gasteiger partial charge in [0.05, 0.1) is 0 Å². The van der Waals surface area contributed by atoms with Crippen LogP contribution < -0.4 is 10.6 Å². The van der Waals surface area contributed by atoms with Crippen molar-refractivity contribution in [3.05, 3.63) is 58.4 Å². The number of nitrogens with zero attached hydrogens (tertiary/aromatic N) is 2. The van der Waals surface area contributed by atoms with Crippen LogP contribution in [0.3, 0.4) is 0 Å². The Hall–Kier alpha value is -2.69. The number of aryl methyl sites for hydroxylation is 2. The second-order valence-corrected chi connectivity index (χ2v) is 7.20. The molecule has 1 aromatic carbocycles. The van der Waals surface area contributed by atoms with E-state index in [4.69, 9.17) is 0 Å². The van der Waals surface area contributed by atoms with Gasteiger partial charge in [-0.1, -0.05) is 23.8 Å². The maximum atomic E-state index is 12.5. The predicted octanol–water partition coefficient (Wildman–Crippen LogP) is 4.77. The van der Waals surface area contributed by atoms with Crippen molar-refractivity contribution in [3.63, 3.8) is 0 Å². The molecule has 2 aromatic rings. The SMILES string of the molecule is Cc1cc(C(=O)NCCC2=CCCCC2)nc(Nc2cccc(C)c2C)n1. The summed E-state index contributed by atoms with van der Waals surface area (Å²) in [7, 11) is 0. The highest BCUT2D eigenvalue weighted by Crippen LogP contribution is 2.21. The van der Waals surface area contributed by atoms with Gasteiger partial charge in [-0.3, -0.25) is 4.79 Å². The second kappa shape index (κ2) is 8.80. The molecule has 0 bridgehead atoms. The highest BCUT2D eigenvalue weighted by Gasteiger charge is 2.12. The number of rotatable bonds is 6. The van der Waals surface area contributed by atoms with Crippen LogP contribution in [0, 0.1) is 20.8 Å². The summed E-state index contributed by atoms with van der Waals surface area (Å²) in [5.41, 5.74) is 5.91. The zero-order valence-corrected chi connectivity index (χ0v) is 16.4. The molecule has 0 saturated heterocycles. The predicted molar refractivity (Wildman–Crippen MR) is 109 cm³/mol. The molecule has 0 spiro atoms. The zero-order valence-electron chi connectivity index (χ0n) is 16.4. The molecule has 0 unspecified atom stereocenters. The van der Waals surface area contributed by atoms with Crippen molar-refractivity contribution in [1.29, 1.82) is 0 Å². The van der Waals surface area contributed by atoms with E-state index in [2.05, 4.69) is 46.6 Å². The number of aromatic nitrogens is 2. The number of allylic oxidation sites excluding steroid dienone is 1. The van der Waals surface area contributed by atoms with Gasteiger partial charge in [0.1, 0.15) is 5.69 Å². The largest absolute Gasteiger partial charge is 0.350 e. The zero-order chi connectivity index (χ0) is 19.2. The highest BCUT2D eigenvalue weighted by atomic mass is 16.1. The lowest BCUT2D eigenvalue weighted by atomic mass is 9.97. The number of anilines is 2. The maximum absolute atomic E-state index is 12.5. The Morgan fingerprint density at radius 2 is 2.00 bits per heavy atom. The number of hydrogen-bond acceptors (Lipinski definition) is 4. The number of benzene rings is 1. The molecule has 0 radical (unpaired) electrons. The average Bonchev–Trinajstić information content (AvgIpc) is 2.66. The highest BCUT2D eigenvalue weighted by molar-refractivity contribution is 5.92. The molecular weight excluding hydrogens is 336 g/mol. The third-order valence-corrected chi connectivity index (χ3v) is 5.05. The van der Waals surface area contributed by atoms with Gasteiger partial charge in [0.2, 0.25) is 5.95 Å². The van der Waals surface area contributed by atoms with Gasteiger partial charge in [-0.05, 0) is 76.1 Å². The number of carbonyl (C=O) groups is 1. The van der Waals surface area contributed by atoms with Crippen molar-refractivity contribution in [2.75, 3.05) is 11.9 Å². The molecule has 0 aliphatic heterocycles. The molecule has 1 amide bonds. The number of hydrogen-bond donors (Lipinski definition) is 2. The van der Waals surface area contributed by atoms with E-state index in [9.17, 15) is 4.79 Å². The van der Waals surface area contributed by atoms with Crippen LogP contribution in [0.2, 0.25) is 0 Å². The summed E-state index contributed by atoms with van der Waals surface area (Å²) < 4.78 is 0. The van der Waals surface area contributed by atoms with E-state index >= 15 is 0 Å². The summed E-state index contributed by atoms with van der Waals surface area (Å²) in [6.45, 7) is 6.65. The molecule has 1 aliphatic rings. The fourth-order valence-corrected chi connectivity index (χ4v) is 3.31. The average molecular weight is 364 g/mol. The van der Waals surface area contributed by atoms with Gasteiger partial charge in [-0.15, -0.1) is 0 Å². The van der Waals surface area contributed by atoms with Crippen LogP contribution in [-0.4, -0.2) is 22.4 Å². The van der Waals surface area contributed by atoms with Gasteiger partial charge in [-0.2, -0.15) is 0 Å². The molecular formula is C22H28N4O. The normalized spacial score (nSPS) is 13.8. The quantitative estimate of drug-likeness (QED) is 0.725. The van der Waals surface area contributed by atoms with Crippen molar-refractivity contribution in [2.24, 2.45) is 0 Å². The minimum absolute atomic E-state index is 0.152. The van der Waals surface area contributed by atoms with E-state index < -0.39 is 0 Å². The fraction of sp³-hybridized carbons (Fsp3) is 0.409. The number of carbonyl (C=O) groups excluding carboxylic acids is 1. The lowest BCUT2D eigenvalue weighted by Gasteiger charge is -2.13. The van der Waals surface area contributed by atoms with Crippen molar-refractivity contribution >= 4 is 17.5 Å². The summed E-state index contributed by atoms with van der Waals surface area (Å²) in [6, 6.07) is 7.78. The van der Waals surface area contributed by atoms with E-state index in [0.717, 1.165) is 29.8 Å². The smallest absolute Gasteiger partial charge is 0.270 e. The molecule has 1 heterocycles. The lowest BCUT2D eigenvalue weighted by molar-refractivity contribution is 0.0949. The Morgan fingerprint density at radius 3 is 2.78 bits per heavy atom. The minimum Gasteiger partial charge on any atom is -0.350 e. The Kier molecular flexibility index (Phi) is 6.22. The maximum Gasteiger partial charge on any atom is 0.270 e. The Bertz CT molecular complexity index is 857. The first kappa shape index (κ1) is 19.1. The summed E-state index contributed by atoms with van der Waals surface area (Å²) in [5.74, 6) is 0.296. The fourth-order valence-electron chi connectivity index (χ4n) is 3.31. The van der Waals surface area contributed by atoms with Gasteiger partial charge >= 0.3 is 0 Å². The first-order valence-corrected chi connectivity index (χ1v) is 9.68. The van der Waals surface area contributed by atoms with Crippen LogP contribution in [0.15, 0.2) is 35.9 Å². The van der Waals surface area contributed by atoms with E-state index in [1.807, 2.05) is 19.1 Å². The molecule has 1 aromatic heterocycles. The van der Waals surface area contributed by atoms with E-state index in [0.29, 0.717) is 18.2 Å². The van der Waals surface area contributed by atoms with Crippen LogP contribution in [0.5, 0.6) is 0 Å². The monoisotopic (exact) mass is 364 g/mol. The summed E-state index contributed by atoms with van der Waals surface area (Å²) >= 11 is 0. The van der Waals surface area contributed by atoms with Crippen molar-refractivity contribution in [2.45, 2.75) is 52.9 Å². The van der Waals surface area contributed by atoms with Crippen LogP contribution in [0.1, 0.15) is 59.4 Å². The van der Waals surface area contributed by atoms with Gasteiger partial charge in [0, 0.05) is 17.9 Å². The van der Waals surface area contributed by atoms with Crippen molar-refractivity contribution < 1.29 is 4.79 Å². The minimum atomic E-state index is -0.152. The molecule has 142 valence electrons. The van der Waals surface area contributed by atoms with Crippen LogP contribution >= 0.6 is 0 Å². The summed E-state index contributed by atoms with van der Waals surface area (Å²) in [6.07, 6.45) is 8.11. The molecule has 3 rings (SSSR count). The van der Waals surface area contributed by atoms with Gasteiger partial charge in [-0.25, -0.2) is 9.97 Å². The molecule has 0 fully saturated rings. The standard InChI is InChI=1S/C22H28N4O/c1-15-8-7-11-19(17(15)3)25-22-24-16(2)14-20(26-22)21(27)23-13-12-18-9-5-4-6-10-18/h7-9,11,14H,4-6,10,12-13H2,1-3H3,(H,23,27)(H,24,25,26). The second-order valence-electron chi connectivity index (χ2n) is 7.20. The Morgan fingerprint density at radius 1 is 1.15 bits per heavy atom. The van der Waals surface area contributed by atoms with Crippen LogP contribution in [-0.2, 0) is 0 Å². The molecule has 2 N–H and O–H groups in total. The molecule has 0 saturated carbocycles. The van der Waals surface area contributed by atoms with E-state index in [1.54, 1.807) is 6.07 Å². The van der Waals surface area contributed by atoms with E-state index in [-0.39, 0.29) is 5.91 Å². The van der Waals surface area contributed by atoms with Crippen LogP contribution in [0.4, 0.5) is 11.6 Å². The first-order valence-electron chi connectivity index (χ1n) is 9.68. The van der Waals surface area contributed by atoms with Crippen molar-refractivity contribution in [3.8, 4) is 0 Å². The summed E-state index contributed by atoms with van der Waals surface area (Å²) in [4.78, 5) is 21.4. The molecule has 5 nitrogen and oxygen atoms in total. The Labute approximate surface area is 161 Å². The van der Waals surface area contributed by atoms with Crippen LogP contribution in [0.25, 0.3) is 0 Å². The van der Waals surface area contributed by atoms with Gasteiger partial charge < -0.3 is 10.6 Å². The number of amides is 1. The first-order chi connectivity index (χ1) is 13.0. The topological polar surface area (TPSA) is 66.9 Å². The number of nitrogens with one attached hydrogen (secondary N) is 2.